The standard InChI is InChI=1S/C58H65ClN4O4/c1-8-9-10-15-35-66-36-33-62-49-29-23-41-17-11-13-21-46(41)53(49)57(4,5)51(62)31-25-43-19-16-20-44(55(43)59)26-32-52-58(6,7)54-47-22-14-12-18-42(47)24-30-50(54)63(52)34-37-67-56(65)61-48-28-27-45(38-39(48)2)60-40(3)64/h11-14,17-18,21-32,38H,8-10,15-16,19-20,33-37H2,1-7H3,(H-,60,61,64,65)/p+1. The summed E-state index contributed by atoms with van der Waals surface area (Å²) in [6, 6.07) is 31.5. The molecular formula is C58H66ClN4O4+. The fourth-order valence-corrected chi connectivity index (χ4v) is 10.8. The molecule has 3 aliphatic rings. The average molecular weight is 919 g/mol. The Morgan fingerprint density at radius 3 is 2.25 bits per heavy atom. The van der Waals surface area contributed by atoms with Gasteiger partial charge in [0.15, 0.2) is 12.3 Å². The Bertz CT molecular complexity index is 2860. The number of hydrogen-bond donors (Lipinski definition) is 2. The molecule has 0 atom stereocenters. The van der Waals surface area contributed by atoms with Gasteiger partial charge in [0.1, 0.15) is 13.2 Å². The summed E-state index contributed by atoms with van der Waals surface area (Å²) in [5, 5.41) is 11.4. The van der Waals surface area contributed by atoms with Crippen LogP contribution in [0.15, 0.2) is 137 Å². The minimum atomic E-state index is -0.537. The van der Waals surface area contributed by atoms with Crippen LogP contribution in [0.25, 0.3) is 21.5 Å². The maximum atomic E-state index is 13.1. The van der Waals surface area contributed by atoms with Gasteiger partial charge in [-0.1, -0.05) is 118 Å². The van der Waals surface area contributed by atoms with Gasteiger partial charge in [-0.3, -0.25) is 10.1 Å². The van der Waals surface area contributed by atoms with Crippen LogP contribution in [0.2, 0.25) is 0 Å². The van der Waals surface area contributed by atoms with E-state index in [9.17, 15) is 9.59 Å². The molecule has 2 N–H and O–H groups in total. The molecule has 5 aromatic carbocycles. The zero-order chi connectivity index (χ0) is 47.3. The molecule has 0 saturated heterocycles. The number of rotatable bonds is 16. The number of carbonyl (C=O) groups is 2. The second-order valence-corrected chi connectivity index (χ2v) is 19.6. The number of benzene rings is 5. The predicted molar refractivity (Wildman–Crippen MR) is 279 cm³/mol. The smallest absolute Gasteiger partial charge is 0.411 e. The molecular weight excluding hydrogens is 852 g/mol. The van der Waals surface area contributed by atoms with Crippen molar-refractivity contribution in [2.24, 2.45) is 0 Å². The molecule has 0 radical (unpaired) electrons. The largest absolute Gasteiger partial charge is 0.447 e. The maximum Gasteiger partial charge on any atom is 0.411 e. The molecule has 0 unspecified atom stereocenters. The number of fused-ring (bicyclic) bond motifs is 6. The summed E-state index contributed by atoms with van der Waals surface area (Å²) in [5.74, 6) is -0.153. The molecule has 0 spiro atoms. The lowest BCUT2D eigenvalue weighted by Gasteiger charge is -2.27. The van der Waals surface area contributed by atoms with E-state index >= 15 is 0 Å². The molecule has 0 aromatic heterocycles. The van der Waals surface area contributed by atoms with Crippen molar-refractivity contribution in [1.29, 1.82) is 0 Å². The number of unbranched alkanes of at least 4 members (excludes halogenated alkanes) is 3. The number of allylic oxidation sites excluding steroid dienone is 8. The van der Waals surface area contributed by atoms with Crippen LogP contribution in [0.4, 0.5) is 27.5 Å². The third-order valence-corrected chi connectivity index (χ3v) is 14.3. The number of amides is 2. The van der Waals surface area contributed by atoms with E-state index < -0.39 is 6.09 Å². The minimum Gasteiger partial charge on any atom is -0.447 e. The summed E-state index contributed by atoms with van der Waals surface area (Å²) < 4.78 is 14.5. The summed E-state index contributed by atoms with van der Waals surface area (Å²) in [5.41, 5.74) is 11.1. The van der Waals surface area contributed by atoms with Crippen LogP contribution in [-0.2, 0) is 25.1 Å². The Morgan fingerprint density at radius 1 is 0.791 bits per heavy atom. The molecule has 348 valence electrons. The van der Waals surface area contributed by atoms with Crippen molar-refractivity contribution in [3.05, 3.63) is 154 Å². The molecule has 2 aliphatic heterocycles. The van der Waals surface area contributed by atoms with Gasteiger partial charge in [0.05, 0.1) is 12.0 Å². The van der Waals surface area contributed by atoms with E-state index in [-0.39, 0.29) is 23.3 Å². The predicted octanol–water partition coefficient (Wildman–Crippen LogP) is 14.3. The van der Waals surface area contributed by atoms with Crippen molar-refractivity contribution in [2.45, 2.75) is 104 Å². The second-order valence-electron chi connectivity index (χ2n) is 19.2. The van der Waals surface area contributed by atoms with Crippen molar-refractivity contribution in [1.82, 2.24) is 0 Å². The lowest BCUT2D eigenvalue weighted by molar-refractivity contribution is -0.442. The first-order chi connectivity index (χ1) is 32.3. The fraction of sp³-hybridized carbons (Fsp3) is 0.362. The van der Waals surface area contributed by atoms with Crippen molar-refractivity contribution in [3.8, 4) is 0 Å². The van der Waals surface area contributed by atoms with Gasteiger partial charge in [-0.25, -0.2) is 4.79 Å². The van der Waals surface area contributed by atoms with E-state index in [4.69, 9.17) is 21.1 Å². The number of nitrogens with one attached hydrogen (secondary N) is 2. The number of halogens is 1. The maximum absolute atomic E-state index is 13.1. The quantitative estimate of drug-likeness (QED) is 0.0761. The summed E-state index contributed by atoms with van der Waals surface area (Å²) in [6.07, 6.45) is 16.1. The van der Waals surface area contributed by atoms with Crippen molar-refractivity contribution < 1.29 is 23.6 Å². The fourth-order valence-electron chi connectivity index (χ4n) is 10.5. The minimum absolute atomic E-state index is 0.153. The highest BCUT2D eigenvalue weighted by Gasteiger charge is 2.46. The Kier molecular flexibility index (Phi) is 14.5. The summed E-state index contributed by atoms with van der Waals surface area (Å²) >= 11 is 7.44. The van der Waals surface area contributed by atoms with Crippen LogP contribution < -0.4 is 15.5 Å². The number of carbonyl (C=O) groups excluding carboxylic acids is 2. The number of hydrogen-bond acceptors (Lipinski definition) is 5. The van der Waals surface area contributed by atoms with Gasteiger partial charge in [-0.15, -0.1) is 0 Å². The molecule has 0 bridgehead atoms. The number of nitrogens with zero attached hydrogens (tertiary/aromatic N) is 2. The van der Waals surface area contributed by atoms with Crippen molar-refractivity contribution >= 4 is 73.6 Å². The van der Waals surface area contributed by atoms with E-state index in [1.165, 1.54) is 70.3 Å². The van der Waals surface area contributed by atoms with E-state index in [2.05, 4.69) is 152 Å². The normalized spacial score (nSPS) is 17.6. The molecule has 9 heteroatoms. The molecule has 2 amide bonds. The van der Waals surface area contributed by atoms with Gasteiger partial charge in [-0.2, -0.15) is 4.58 Å². The summed E-state index contributed by atoms with van der Waals surface area (Å²) in [4.78, 5) is 27.0. The first kappa shape index (κ1) is 47.5. The van der Waals surface area contributed by atoms with Gasteiger partial charge in [0.25, 0.3) is 0 Å². The Morgan fingerprint density at radius 2 is 1.52 bits per heavy atom. The monoisotopic (exact) mass is 917 g/mol. The van der Waals surface area contributed by atoms with Crippen LogP contribution in [0.1, 0.15) is 103 Å². The lowest BCUT2D eigenvalue weighted by atomic mass is 9.78. The lowest BCUT2D eigenvalue weighted by Crippen LogP contribution is -2.30. The molecule has 0 saturated carbocycles. The molecule has 67 heavy (non-hydrogen) atoms. The van der Waals surface area contributed by atoms with Crippen LogP contribution >= 0.6 is 11.6 Å². The van der Waals surface area contributed by atoms with Crippen molar-refractivity contribution in [2.75, 3.05) is 48.4 Å². The Hall–Kier alpha value is -5.96. The van der Waals surface area contributed by atoms with E-state index in [0.717, 1.165) is 72.0 Å². The van der Waals surface area contributed by atoms with E-state index in [1.54, 1.807) is 12.1 Å². The van der Waals surface area contributed by atoms with Crippen LogP contribution in [0.5, 0.6) is 0 Å². The highest BCUT2D eigenvalue weighted by atomic mass is 35.5. The van der Waals surface area contributed by atoms with E-state index in [1.807, 2.05) is 13.0 Å². The van der Waals surface area contributed by atoms with Crippen molar-refractivity contribution in [3.63, 3.8) is 0 Å². The van der Waals surface area contributed by atoms with Gasteiger partial charge >= 0.3 is 6.09 Å². The highest BCUT2D eigenvalue weighted by molar-refractivity contribution is 6.32. The number of ether oxygens (including phenoxy) is 2. The SMILES string of the molecule is CCCCCCOCC[N+]1=C(C=CC2=C(Cl)C(=CC=C3N(CCOC(=O)Nc4ccc(NC(C)=O)cc4C)c4ccc5ccccc5c4C3(C)C)CCC2)C(C)(C)c2c1ccc1ccccc21. The average Bonchev–Trinajstić information content (AvgIpc) is 3.66. The van der Waals surface area contributed by atoms with Gasteiger partial charge in [0, 0.05) is 64.4 Å². The van der Waals surface area contributed by atoms with E-state index in [0.29, 0.717) is 24.5 Å². The first-order valence-corrected chi connectivity index (χ1v) is 24.5. The second kappa shape index (κ2) is 20.5. The topological polar surface area (TPSA) is 82.9 Å². The summed E-state index contributed by atoms with van der Waals surface area (Å²) in [7, 11) is 0. The zero-order valence-corrected chi connectivity index (χ0v) is 41.1. The van der Waals surface area contributed by atoms with Gasteiger partial charge in [0.2, 0.25) is 11.6 Å². The molecule has 1 aliphatic carbocycles. The van der Waals surface area contributed by atoms with Gasteiger partial charge in [-0.05, 0) is 127 Å². The first-order valence-electron chi connectivity index (χ1n) is 24.1. The number of aryl methyl sites for hydroxylation is 1. The van der Waals surface area contributed by atoms with Crippen LogP contribution in [-0.4, -0.2) is 55.2 Å². The molecule has 5 aromatic rings. The zero-order valence-electron chi connectivity index (χ0n) is 40.4. The molecule has 8 nitrogen and oxygen atoms in total. The highest BCUT2D eigenvalue weighted by Crippen LogP contribution is 2.51. The summed E-state index contributed by atoms with van der Waals surface area (Å²) in [6.45, 7) is 17.7. The third-order valence-electron chi connectivity index (χ3n) is 13.8. The molecule has 2 heterocycles. The third kappa shape index (κ3) is 10.0. The number of anilines is 3. The van der Waals surface area contributed by atoms with Crippen LogP contribution in [0.3, 0.4) is 0 Å². The van der Waals surface area contributed by atoms with Gasteiger partial charge < -0.3 is 19.7 Å². The Labute approximate surface area is 402 Å². The molecule has 0 fully saturated rings. The molecule has 8 rings (SSSR count). The van der Waals surface area contributed by atoms with Crippen LogP contribution in [0, 0.1) is 6.92 Å². The Balaban J connectivity index is 1.07.